The summed E-state index contributed by atoms with van der Waals surface area (Å²) in [5.41, 5.74) is 8.50. The van der Waals surface area contributed by atoms with Gasteiger partial charge in [-0.15, -0.1) is 0 Å². The lowest BCUT2D eigenvalue weighted by atomic mass is 10.0. The second kappa shape index (κ2) is 7.72. The van der Waals surface area contributed by atoms with E-state index in [-0.39, 0.29) is 0 Å². The van der Waals surface area contributed by atoms with E-state index in [0.29, 0.717) is 35.4 Å². The lowest BCUT2D eigenvalue weighted by Crippen LogP contribution is -2.22. The zero-order valence-corrected chi connectivity index (χ0v) is 15.9. The highest BCUT2D eigenvalue weighted by atomic mass is 16.5. The SMILES string of the molecule is CCOc1ccc(N)c(C(=N)c2ccnc(N3CCC(n4cccn4)C3)c2)c1. The first-order valence-electron chi connectivity index (χ1n) is 9.47. The molecule has 1 unspecified atom stereocenters. The summed E-state index contributed by atoms with van der Waals surface area (Å²) < 4.78 is 7.56. The van der Waals surface area contributed by atoms with Crippen LogP contribution in [0.15, 0.2) is 55.0 Å². The van der Waals surface area contributed by atoms with Gasteiger partial charge in [-0.25, -0.2) is 4.98 Å². The first-order valence-corrected chi connectivity index (χ1v) is 9.47. The molecular formula is C21H24N6O. The summed E-state index contributed by atoms with van der Waals surface area (Å²) in [4.78, 5) is 6.77. The van der Waals surface area contributed by atoms with Crippen molar-refractivity contribution in [3.63, 3.8) is 0 Å². The fourth-order valence-electron chi connectivity index (χ4n) is 3.57. The van der Waals surface area contributed by atoms with Crippen LogP contribution in [-0.4, -0.2) is 40.2 Å². The molecule has 28 heavy (non-hydrogen) atoms. The van der Waals surface area contributed by atoms with Crippen molar-refractivity contribution in [3.8, 4) is 5.75 Å². The molecule has 7 heteroatoms. The number of nitrogens with zero attached hydrogens (tertiary/aromatic N) is 4. The Labute approximate surface area is 164 Å². The fourth-order valence-corrected chi connectivity index (χ4v) is 3.57. The third-order valence-electron chi connectivity index (χ3n) is 5.03. The molecule has 0 spiro atoms. The van der Waals surface area contributed by atoms with E-state index in [1.54, 1.807) is 12.3 Å². The fraction of sp³-hybridized carbons (Fsp3) is 0.286. The topological polar surface area (TPSA) is 93.0 Å². The van der Waals surface area contributed by atoms with Gasteiger partial charge in [-0.1, -0.05) is 0 Å². The summed E-state index contributed by atoms with van der Waals surface area (Å²) in [6, 6.07) is 11.5. The number of pyridine rings is 1. The average molecular weight is 376 g/mol. The number of ether oxygens (including phenoxy) is 1. The van der Waals surface area contributed by atoms with Crippen LogP contribution in [0.1, 0.15) is 30.5 Å². The predicted molar refractivity (Wildman–Crippen MR) is 110 cm³/mol. The molecule has 0 bridgehead atoms. The van der Waals surface area contributed by atoms with Gasteiger partial charge in [0, 0.05) is 48.5 Å². The van der Waals surface area contributed by atoms with Crippen LogP contribution in [0.5, 0.6) is 5.75 Å². The molecule has 3 N–H and O–H groups in total. The van der Waals surface area contributed by atoms with Crippen molar-refractivity contribution < 1.29 is 4.74 Å². The first-order chi connectivity index (χ1) is 13.7. The van der Waals surface area contributed by atoms with Gasteiger partial charge in [-0.05, 0) is 49.7 Å². The standard InChI is InChI=1S/C21H24N6O/c1-2-28-17-4-5-19(22)18(13-17)21(23)15-6-9-24-20(12-15)26-11-7-16(14-26)27-10-3-8-25-27/h3-6,8-10,12-13,16,23H,2,7,11,14,22H2,1H3. The van der Waals surface area contributed by atoms with E-state index in [0.717, 1.165) is 30.9 Å². The molecule has 0 saturated carbocycles. The van der Waals surface area contributed by atoms with Gasteiger partial charge in [-0.2, -0.15) is 5.10 Å². The molecule has 0 aliphatic carbocycles. The Kier molecular flexibility index (Phi) is 4.97. The van der Waals surface area contributed by atoms with E-state index in [4.69, 9.17) is 15.9 Å². The summed E-state index contributed by atoms with van der Waals surface area (Å²) in [5.74, 6) is 1.59. The summed E-state index contributed by atoms with van der Waals surface area (Å²) in [7, 11) is 0. The van der Waals surface area contributed by atoms with Gasteiger partial charge in [0.15, 0.2) is 0 Å². The van der Waals surface area contributed by atoms with Crippen molar-refractivity contribution in [1.29, 1.82) is 5.41 Å². The quantitative estimate of drug-likeness (QED) is 0.509. The molecule has 1 fully saturated rings. The maximum Gasteiger partial charge on any atom is 0.129 e. The monoisotopic (exact) mass is 376 g/mol. The van der Waals surface area contributed by atoms with Gasteiger partial charge in [0.25, 0.3) is 0 Å². The van der Waals surface area contributed by atoms with Crippen LogP contribution in [0.4, 0.5) is 11.5 Å². The molecule has 0 amide bonds. The van der Waals surface area contributed by atoms with Crippen molar-refractivity contribution in [3.05, 3.63) is 66.1 Å². The molecule has 4 rings (SSSR count). The van der Waals surface area contributed by atoms with Gasteiger partial charge in [0.05, 0.1) is 18.4 Å². The van der Waals surface area contributed by atoms with Crippen molar-refractivity contribution >= 4 is 17.2 Å². The normalized spacial score (nSPS) is 16.3. The van der Waals surface area contributed by atoms with Gasteiger partial charge in [-0.3, -0.25) is 10.1 Å². The second-order valence-corrected chi connectivity index (χ2v) is 6.83. The largest absolute Gasteiger partial charge is 0.494 e. The minimum Gasteiger partial charge on any atom is -0.494 e. The average Bonchev–Trinajstić information content (AvgIpc) is 3.41. The van der Waals surface area contributed by atoms with Gasteiger partial charge in [0.1, 0.15) is 11.6 Å². The molecule has 144 valence electrons. The highest BCUT2D eigenvalue weighted by molar-refractivity contribution is 6.14. The number of aromatic nitrogens is 3. The Hall–Kier alpha value is -3.35. The van der Waals surface area contributed by atoms with Crippen molar-refractivity contribution in [2.75, 3.05) is 30.3 Å². The van der Waals surface area contributed by atoms with Crippen molar-refractivity contribution in [1.82, 2.24) is 14.8 Å². The number of nitrogens with two attached hydrogens (primary N) is 1. The van der Waals surface area contributed by atoms with E-state index < -0.39 is 0 Å². The minimum atomic E-state index is 0.346. The molecule has 3 heterocycles. The number of hydrogen-bond donors (Lipinski definition) is 2. The summed E-state index contributed by atoms with van der Waals surface area (Å²) in [5, 5.41) is 13.0. The number of benzene rings is 1. The van der Waals surface area contributed by atoms with Crippen LogP contribution in [0.2, 0.25) is 0 Å². The zero-order chi connectivity index (χ0) is 19.5. The van der Waals surface area contributed by atoms with Crippen molar-refractivity contribution in [2.45, 2.75) is 19.4 Å². The molecule has 1 atom stereocenters. The highest BCUT2D eigenvalue weighted by Crippen LogP contribution is 2.27. The summed E-state index contributed by atoms with van der Waals surface area (Å²) in [6.07, 6.45) is 6.59. The molecule has 1 aromatic carbocycles. The third kappa shape index (κ3) is 3.55. The first kappa shape index (κ1) is 18.0. The molecule has 0 radical (unpaired) electrons. The van der Waals surface area contributed by atoms with Crippen molar-refractivity contribution in [2.24, 2.45) is 0 Å². The minimum absolute atomic E-state index is 0.346. The van der Waals surface area contributed by atoms with Crippen LogP contribution in [0.25, 0.3) is 0 Å². The Morgan fingerprint density at radius 1 is 1.29 bits per heavy atom. The number of hydrogen-bond acceptors (Lipinski definition) is 6. The van der Waals surface area contributed by atoms with Gasteiger partial charge < -0.3 is 15.4 Å². The van der Waals surface area contributed by atoms with Crippen LogP contribution in [0, 0.1) is 5.41 Å². The van der Waals surface area contributed by atoms with E-state index in [1.165, 1.54) is 0 Å². The van der Waals surface area contributed by atoms with E-state index in [1.807, 2.05) is 54.3 Å². The third-order valence-corrected chi connectivity index (χ3v) is 5.03. The van der Waals surface area contributed by atoms with Crippen LogP contribution in [0.3, 0.4) is 0 Å². The number of nitrogens with one attached hydrogen (secondary N) is 1. The highest BCUT2D eigenvalue weighted by Gasteiger charge is 2.25. The summed E-state index contributed by atoms with van der Waals surface area (Å²) >= 11 is 0. The zero-order valence-electron chi connectivity index (χ0n) is 15.9. The number of anilines is 2. The molecule has 1 saturated heterocycles. The lowest BCUT2D eigenvalue weighted by molar-refractivity contribution is 0.340. The smallest absolute Gasteiger partial charge is 0.129 e. The van der Waals surface area contributed by atoms with Gasteiger partial charge >= 0.3 is 0 Å². The molecule has 7 nitrogen and oxygen atoms in total. The predicted octanol–water partition coefficient (Wildman–Crippen LogP) is 3.13. The van der Waals surface area contributed by atoms with E-state index in [9.17, 15) is 0 Å². The maximum absolute atomic E-state index is 8.67. The number of rotatable bonds is 6. The maximum atomic E-state index is 8.67. The van der Waals surface area contributed by atoms with Crippen LogP contribution in [-0.2, 0) is 0 Å². The van der Waals surface area contributed by atoms with E-state index in [2.05, 4.69) is 15.0 Å². The molecular weight excluding hydrogens is 352 g/mol. The number of nitrogen functional groups attached to an aromatic ring is 1. The Bertz CT molecular complexity index is 969. The molecule has 3 aromatic rings. The Morgan fingerprint density at radius 3 is 2.96 bits per heavy atom. The van der Waals surface area contributed by atoms with Gasteiger partial charge in [0.2, 0.25) is 0 Å². The molecule has 2 aromatic heterocycles. The Morgan fingerprint density at radius 2 is 2.18 bits per heavy atom. The Balaban J connectivity index is 1.56. The lowest BCUT2D eigenvalue weighted by Gasteiger charge is -2.19. The van der Waals surface area contributed by atoms with Crippen LogP contribution < -0.4 is 15.4 Å². The second-order valence-electron chi connectivity index (χ2n) is 6.83. The van der Waals surface area contributed by atoms with Crippen LogP contribution >= 0.6 is 0 Å². The molecule has 1 aliphatic heterocycles. The van der Waals surface area contributed by atoms with E-state index >= 15 is 0 Å². The molecule has 1 aliphatic rings. The summed E-state index contributed by atoms with van der Waals surface area (Å²) in [6.45, 7) is 4.27.